The molecule has 0 amide bonds. The minimum atomic E-state index is -0.964. The third-order valence-electron chi connectivity index (χ3n) is 4.30. The molecule has 1 aliphatic carbocycles. The van der Waals surface area contributed by atoms with Gasteiger partial charge in [-0.05, 0) is 50.3 Å². The highest BCUT2D eigenvalue weighted by atomic mass is 32.2. The Balaban J connectivity index is 1.88. The highest BCUT2D eigenvalue weighted by Gasteiger charge is 2.27. The van der Waals surface area contributed by atoms with Crippen molar-refractivity contribution in [2.24, 2.45) is 5.92 Å². The first kappa shape index (κ1) is 16.5. The van der Waals surface area contributed by atoms with E-state index in [9.17, 15) is 4.21 Å². The van der Waals surface area contributed by atoms with Crippen molar-refractivity contribution in [3.63, 3.8) is 0 Å². The molecular weight excluding hydrogens is 282 g/mol. The Hall–Kier alpha value is -0.870. The number of nitrogens with one attached hydrogen (secondary N) is 1. The largest absolute Gasteiger partial charge is 0.495 e. The molecule has 0 aromatic heterocycles. The molecule has 4 heteroatoms. The molecule has 1 N–H and O–H groups in total. The number of para-hydroxylation sites is 1. The Morgan fingerprint density at radius 2 is 2.14 bits per heavy atom. The van der Waals surface area contributed by atoms with Gasteiger partial charge in [0.2, 0.25) is 0 Å². The van der Waals surface area contributed by atoms with E-state index in [-0.39, 0.29) is 0 Å². The zero-order chi connectivity index (χ0) is 15.1. The van der Waals surface area contributed by atoms with Crippen LogP contribution in [0.2, 0.25) is 0 Å². The van der Waals surface area contributed by atoms with Crippen molar-refractivity contribution in [3.8, 4) is 5.75 Å². The maximum Gasteiger partial charge on any atom is 0.134 e. The summed E-state index contributed by atoms with van der Waals surface area (Å²) in [5, 5.41) is 3.64. The summed E-state index contributed by atoms with van der Waals surface area (Å²) in [5.41, 5.74) is 0. The van der Waals surface area contributed by atoms with Crippen molar-refractivity contribution >= 4 is 10.8 Å². The van der Waals surface area contributed by atoms with Crippen LogP contribution in [0.15, 0.2) is 29.2 Å². The zero-order valence-corrected chi connectivity index (χ0v) is 14.0. The van der Waals surface area contributed by atoms with Gasteiger partial charge in [0.1, 0.15) is 5.75 Å². The maximum atomic E-state index is 12.5. The van der Waals surface area contributed by atoms with Crippen LogP contribution in [0.1, 0.15) is 39.0 Å². The van der Waals surface area contributed by atoms with E-state index in [1.165, 1.54) is 25.7 Å². The van der Waals surface area contributed by atoms with Crippen molar-refractivity contribution in [3.05, 3.63) is 24.3 Å². The first-order valence-electron chi connectivity index (χ1n) is 8.01. The molecule has 3 atom stereocenters. The fraction of sp³-hybridized carbons (Fsp3) is 0.647. The molecule has 0 bridgehead atoms. The van der Waals surface area contributed by atoms with Crippen LogP contribution in [0.3, 0.4) is 0 Å². The van der Waals surface area contributed by atoms with Crippen LogP contribution in [-0.2, 0) is 10.8 Å². The monoisotopic (exact) mass is 309 g/mol. The van der Waals surface area contributed by atoms with E-state index < -0.39 is 10.8 Å². The molecule has 0 heterocycles. The molecule has 0 spiro atoms. The molecule has 0 radical (unpaired) electrons. The number of hydrogen-bond acceptors (Lipinski definition) is 3. The van der Waals surface area contributed by atoms with Gasteiger partial charge >= 0.3 is 0 Å². The van der Waals surface area contributed by atoms with Crippen LogP contribution in [-0.4, -0.2) is 29.7 Å². The average Bonchev–Trinajstić information content (AvgIpc) is 2.97. The summed E-state index contributed by atoms with van der Waals surface area (Å²) in [5.74, 6) is 2.15. The zero-order valence-electron chi connectivity index (χ0n) is 13.1. The summed E-state index contributed by atoms with van der Waals surface area (Å²) < 4.78 is 17.8. The minimum absolute atomic E-state index is 0.625. The molecule has 1 aromatic rings. The Bertz CT molecular complexity index is 464. The SMILES string of the molecule is CCCNC1CCCC1CCS(=O)c1ccccc1OC. The van der Waals surface area contributed by atoms with Gasteiger partial charge in [-0.1, -0.05) is 25.5 Å². The Labute approximate surface area is 130 Å². The van der Waals surface area contributed by atoms with Crippen molar-refractivity contribution in [2.75, 3.05) is 19.4 Å². The average molecular weight is 309 g/mol. The molecular formula is C17H27NO2S. The highest BCUT2D eigenvalue weighted by Crippen LogP contribution is 2.30. The molecule has 1 aromatic carbocycles. The molecule has 2 rings (SSSR count). The first-order valence-corrected chi connectivity index (χ1v) is 9.33. The maximum absolute atomic E-state index is 12.5. The number of benzene rings is 1. The van der Waals surface area contributed by atoms with Crippen molar-refractivity contribution < 1.29 is 8.95 Å². The second kappa shape index (κ2) is 8.54. The fourth-order valence-corrected chi connectivity index (χ4v) is 4.50. The lowest BCUT2D eigenvalue weighted by molar-refractivity contribution is 0.392. The van der Waals surface area contributed by atoms with Gasteiger partial charge in [-0.15, -0.1) is 0 Å². The van der Waals surface area contributed by atoms with Gasteiger partial charge in [0.25, 0.3) is 0 Å². The Kier molecular flexibility index (Phi) is 6.71. The van der Waals surface area contributed by atoms with Crippen LogP contribution in [0.5, 0.6) is 5.75 Å². The predicted molar refractivity (Wildman–Crippen MR) is 88.3 cm³/mol. The summed E-state index contributed by atoms with van der Waals surface area (Å²) in [6.45, 7) is 3.30. The van der Waals surface area contributed by atoms with Gasteiger partial charge in [-0.2, -0.15) is 0 Å². The smallest absolute Gasteiger partial charge is 0.134 e. The van der Waals surface area contributed by atoms with Crippen molar-refractivity contribution in [1.82, 2.24) is 5.32 Å². The fourth-order valence-electron chi connectivity index (χ4n) is 3.16. The molecule has 1 fully saturated rings. The molecule has 3 unspecified atom stereocenters. The van der Waals surface area contributed by atoms with Gasteiger partial charge in [0, 0.05) is 11.8 Å². The lowest BCUT2D eigenvalue weighted by Crippen LogP contribution is -2.33. The van der Waals surface area contributed by atoms with Gasteiger partial charge in [0.05, 0.1) is 22.8 Å². The van der Waals surface area contributed by atoms with E-state index in [0.29, 0.717) is 12.0 Å². The Morgan fingerprint density at radius 1 is 1.33 bits per heavy atom. The predicted octanol–water partition coefficient (Wildman–Crippen LogP) is 3.36. The summed E-state index contributed by atoms with van der Waals surface area (Å²) >= 11 is 0. The van der Waals surface area contributed by atoms with Crippen molar-refractivity contribution in [1.29, 1.82) is 0 Å². The molecule has 0 saturated heterocycles. The van der Waals surface area contributed by atoms with E-state index in [1.807, 2.05) is 24.3 Å². The quantitative estimate of drug-likeness (QED) is 0.800. The van der Waals surface area contributed by atoms with Crippen LogP contribution in [0.25, 0.3) is 0 Å². The molecule has 3 nitrogen and oxygen atoms in total. The highest BCUT2D eigenvalue weighted by molar-refractivity contribution is 7.85. The summed E-state index contributed by atoms with van der Waals surface area (Å²) in [6, 6.07) is 8.27. The van der Waals surface area contributed by atoms with Crippen molar-refractivity contribution in [2.45, 2.75) is 50.0 Å². The lowest BCUT2D eigenvalue weighted by atomic mass is 10.0. The molecule has 21 heavy (non-hydrogen) atoms. The Morgan fingerprint density at radius 3 is 2.90 bits per heavy atom. The summed E-state index contributed by atoms with van der Waals surface area (Å²) in [7, 11) is 0.672. The molecule has 0 aliphatic heterocycles. The molecule has 1 aliphatic rings. The number of hydrogen-bond donors (Lipinski definition) is 1. The summed E-state index contributed by atoms with van der Waals surface area (Å²) in [6.07, 6.45) is 6.05. The standard InChI is InChI=1S/C17H27NO2S/c1-3-12-18-15-8-6-7-14(15)11-13-21(19)17-10-5-4-9-16(17)20-2/h4-5,9-10,14-15,18H,3,6-8,11-13H2,1-2H3. The molecule has 1 saturated carbocycles. The second-order valence-electron chi connectivity index (χ2n) is 5.74. The van der Waals surface area contributed by atoms with Gasteiger partial charge in [-0.3, -0.25) is 4.21 Å². The number of rotatable bonds is 8. The van der Waals surface area contributed by atoms with E-state index in [4.69, 9.17) is 4.74 Å². The van der Waals surface area contributed by atoms with E-state index >= 15 is 0 Å². The van der Waals surface area contributed by atoms with Crippen LogP contribution in [0.4, 0.5) is 0 Å². The third-order valence-corrected chi connectivity index (χ3v) is 5.74. The second-order valence-corrected chi connectivity index (χ2v) is 7.28. The topological polar surface area (TPSA) is 38.3 Å². The minimum Gasteiger partial charge on any atom is -0.495 e. The summed E-state index contributed by atoms with van der Waals surface area (Å²) in [4.78, 5) is 0.830. The molecule has 118 valence electrons. The first-order chi connectivity index (χ1) is 10.3. The normalized spacial score (nSPS) is 23.1. The van der Waals surface area contributed by atoms with E-state index in [1.54, 1.807) is 7.11 Å². The van der Waals surface area contributed by atoms with Crippen LogP contribution >= 0.6 is 0 Å². The van der Waals surface area contributed by atoms with Gasteiger partial charge in [0.15, 0.2) is 0 Å². The van der Waals surface area contributed by atoms with Gasteiger partial charge < -0.3 is 10.1 Å². The van der Waals surface area contributed by atoms with Crippen LogP contribution < -0.4 is 10.1 Å². The van der Waals surface area contributed by atoms with E-state index in [0.717, 1.165) is 29.4 Å². The van der Waals surface area contributed by atoms with E-state index in [2.05, 4.69) is 12.2 Å². The number of methoxy groups -OCH3 is 1. The lowest BCUT2D eigenvalue weighted by Gasteiger charge is -2.20. The third kappa shape index (κ3) is 4.55. The van der Waals surface area contributed by atoms with Crippen LogP contribution in [0, 0.1) is 5.92 Å². The number of ether oxygens (including phenoxy) is 1. The van der Waals surface area contributed by atoms with Gasteiger partial charge in [-0.25, -0.2) is 0 Å².